The van der Waals surface area contributed by atoms with E-state index in [4.69, 9.17) is 0 Å². The third-order valence-electron chi connectivity index (χ3n) is 4.82. The van der Waals surface area contributed by atoms with Crippen LogP contribution in [0.4, 0.5) is 17.5 Å². The molecule has 8 heteroatoms. The summed E-state index contributed by atoms with van der Waals surface area (Å²) >= 11 is 0. The van der Waals surface area contributed by atoms with Gasteiger partial charge in [0, 0.05) is 18.9 Å². The third-order valence-corrected chi connectivity index (χ3v) is 4.82. The van der Waals surface area contributed by atoms with E-state index in [-0.39, 0.29) is 24.0 Å². The lowest BCUT2D eigenvalue weighted by atomic mass is 10.1. The van der Waals surface area contributed by atoms with Crippen molar-refractivity contribution >= 4 is 23.4 Å². The van der Waals surface area contributed by atoms with Crippen LogP contribution in [0.2, 0.25) is 0 Å². The zero-order chi connectivity index (χ0) is 22.2. The van der Waals surface area contributed by atoms with E-state index in [1.54, 1.807) is 12.1 Å². The van der Waals surface area contributed by atoms with Crippen LogP contribution in [0.3, 0.4) is 0 Å². The van der Waals surface area contributed by atoms with Crippen molar-refractivity contribution in [2.45, 2.75) is 19.4 Å². The number of aliphatic hydroxyl groups excluding tert-OH is 1. The maximum absolute atomic E-state index is 12.3. The van der Waals surface area contributed by atoms with Crippen molar-refractivity contribution in [3.63, 3.8) is 0 Å². The van der Waals surface area contributed by atoms with E-state index in [1.165, 1.54) is 13.2 Å². The molecule has 0 spiro atoms. The second kappa shape index (κ2) is 10.2. The molecule has 3 aromatic rings. The molecule has 4 N–H and O–H groups in total. The average molecular weight is 416 g/mol. The number of hydrogen-bond donors (Lipinski definition) is 4. The summed E-state index contributed by atoms with van der Waals surface area (Å²) in [5.41, 5.74) is 3.39. The summed E-state index contributed by atoms with van der Waals surface area (Å²) in [6.45, 7) is 1.80. The summed E-state index contributed by atoms with van der Waals surface area (Å²) in [6, 6.07) is 16.6. The number of nitriles is 1. The van der Waals surface area contributed by atoms with Crippen LogP contribution in [0.15, 0.2) is 54.7 Å². The number of nitrogens with zero attached hydrogens (tertiary/aromatic N) is 3. The van der Waals surface area contributed by atoms with Crippen LogP contribution in [0, 0.1) is 11.3 Å². The van der Waals surface area contributed by atoms with Gasteiger partial charge in [0.1, 0.15) is 11.4 Å². The van der Waals surface area contributed by atoms with Gasteiger partial charge in [0.25, 0.3) is 5.91 Å². The Balaban J connectivity index is 1.93. The van der Waals surface area contributed by atoms with Crippen molar-refractivity contribution in [2.24, 2.45) is 0 Å². The number of carbonyl (C=O) groups is 1. The Hall–Kier alpha value is -3.96. The van der Waals surface area contributed by atoms with Crippen LogP contribution >= 0.6 is 0 Å². The fourth-order valence-electron chi connectivity index (χ4n) is 3.14. The van der Waals surface area contributed by atoms with Gasteiger partial charge in [-0.05, 0) is 35.7 Å². The molecule has 1 aromatic heterocycles. The van der Waals surface area contributed by atoms with Gasteiger partial charge in [-0.3, -0.25) is 4.79 Å². The average Bonchev–Trinajstić information content (AvgIpc) is 2.82. The fraction of sp³-hybridized carbons (Fsp3) is 0.217. The lowest BCUT2D eigenvalue weighted by molar-refractivity contribution is 0.0963. The fourth-order valence-corrected chi connectivity index (χ4v) is 3.14. The lowest BCUT2D eigenvalue weighted by Crippen LogP contribution is -2.23. The molecule has 0 aliphatic rings. The molecule has 31 heavy (non-hydrogen) atoms. The largest absolute Gasteiger partial charge is 0.394 e. The van der Waals surface area contributed by atoms with Gasteiger partial charge < -0.3 is 21.1 Å². The summed E-state index contributed by atoms with van der Waals surface area (Å²) in [5.74, 6) is 0.237. The quantitative estimate of drug-likeness (QED) is 0.445. The number of anilines is 3. The summed E-state index contributed by atoms with van der Waals surface area (Å²) in [6.07, 6.45) is 2.15. The van der Waals surface area contributed by atoms with Crippen LogP contribution in [0.25, 0.3) is 0 Å². The number of carbonyl (C=O) groups excluding carboxylic acids is 1. The Kier molecular flexibility index (Phi) is 7.14. The van der Waals surface area contributed by atoms with Gasteiger partial charge in [-0.15, -0.1) is 0 Å². The monoisotopic (exact) mass is 416 g/mol. The molecule has 0 fully saturated rings. The maximum atomic E-state index is 12.3. The molecule has 0 aliphatic heterocycles. The molecule has 3 rings (SSSR count). The molecule has 1 amide bonds. The lowest BCUT2D eigenvalue weighted by Gasteiger charge is -2.19. The Labute approximate surface area is 181 Å². The van der Waals surface area contributed by atoms with Crippen molar-refractivity contribution in [1.82, 2.24) is 15.3 Å². The SMILES string of the molecule is CCc1cc(Nc2ncc(C(=O)NC)c(N[C@H](CO)c3ccccc3)n2)ccc1C#N. The number of aliphatic hydroxyl groups is 1. The topological polar surface area (TPSA) is 123 Å². The number of aromatic nitrogens is 2. The standard InChI is InChI=1S/C23H24N6O2/c1-3-15-11-18(10-9-17(15)12-24)27-23-26-13-19(22(31)25-2)21(29-23)28-20(14-30)16-7-5-4-6-8-16/h4-11,13,20,30H,3,14H2,1-2H3,(H,25,31)(H2,26,27,28,29)/t20-/m1/s1. The highest BCUT2D eigenvalue weighted by atomic mass is 16.3. The minimum Gasteiger partial charge on any atom is -0.394 e. The molecule has 8 nitrogen and oxygen atoms in total. The van der Waals surface area contributed by atoms with Gasteiger partial charge in [-0.1, -0.05) is 37.3 Å². The Bertz CT molecular complexity index is 1090. The predicted molar refractivity (Wildman–Crippen MR) is 119 cm³/mol. The molecule has 2 aromatic carbocycles. The molecule has 0 aliphatic carbocycles. The Morgan fingerprint density at radius 2 is 2.00 bits per heavy atom. The molecule has 1 heterocycles. The number of rotatable bonds is 8. The highest BCUT2D eigenvalue weighted by Gasteiger charge is 2.18. The first-order valence-corrected chi connectivity index (χ1v) is 9.91. The van der Waals surface area contributed by atoms with E-state index in [1.807, 2.05) is 43.3 Å². The molecular weight excluding hydrogens is 392 g/mol. The smallest absolute Gasteiger partial charge is 0.256 e. The van der Waals surface area contributed by atoms with E-state index < -0.39 is 6.04 Å². The van der Waals surface area contributed by atoms with Crippen molar-refractivity contribution in [3.8, 4) is 6.07 Å². The molecule has 0 bridgehead atoms. The van der Waals surface area contributed by atoms with Gasteiger partial charge in [-0.25, -0.2) is 4.98 Å². The molecule has 158 valence electrons. The molecule has 0 saturated heterocycles. The van der Waals surface area contributed by atoms with Crippen LogP contribution in [0.1, 0.15) is 40.0 Å². The van der Waals surface area contributed by atoms with Crippen LogP contribution in [-0.4, -0.2) is 34.6 Å². The zero-order valence-electron chi connectivity index (χ0n) is 17.4. The van der Waals surface area contributed by atoms with Crippen LogP contribution in [0.5, 0.6) is 0 Å². The summed E-state index contributed by atoms with van der Waals surface area (Å²) in [7, 11) is 1.53. The number of aryl methyl sites for hydroxylation is 1. The number of benzene rings is 2. The Morgan fingerprint density at radius 1 is 1.23 bits per heavy atom. The van der Waals surface area contributed by atoms with E-state index in [0.717, 1.165) is 23.2 Å². The predicted octanol–water partition coefficient (Wildman–Crippen LogP) is 3.16. The second-order valence-corrected chi connectivity index (χ2v) is 6.79. The van der Waals surface area contributed by atoms with E-state index in [2.05, 4.69) is 32.0 Å². The van der Waals surface area contributed by atoms with Gasteiger partial charge >= 0.3 is 0 Å². The third kappa shape index (κ3) is 5.15. The van der Waals surface area contributed by atoms with Gasteiger partial charge in [0.2, 0.25) is 5.95 Å². The highest BCUT2D eigenvalue weighted by molar-refractivity contribution is 5.98. The van der Waals surface area contributed by atoms with Crippen LogP contribution < -0.4 is 16.0 Å². The summed E-state index contributed by atoms with van der Waals surface area (Å²) < 4.78 is 0. The molecular formula is C23H24N6O2. The van der Waals surface area contributed by atoms with Gasteiger partial charge in [0.15, 0.2) is 0 Å². The Morgan fingerprint density at radius 3 is 2.65 bits per heavy atom. The van der Waals surface area contributed by atoms with Crippen LogP contribution in [-0.2, 0) is 6.42 Å². The first-order valence-electron chi connectivity index (χ1n) is 9.91. The molecule has 0 radical (unpaired) electrons. The van der Waals surface area contributed by atoms with Crippen molar-refractivity contribution in [2.75, 3.05) is 24.3 Å². The normalized spacial score (nSPS) is 11.3. The minimum absolute atomic E-state index is 0.181. The van der Waals surface area contributed by atoms with Gasteiger partial charge in [-0.2, -0.15) is 10.2 Å². The summed E-state index contributed by atoms with van der Waals surface area (Å²) in [5, 5.41) is 28.0. The van der Waals surface area contributed by atoms with Crippen molar-refractivity contribution < 1.29 is 9.90 Å². The summed E-state index contributed by atoms with van der Waals surface area (Å²) in [4.78, 5) is 21.1. The first kappa shape index (κ1) is 21.7. The van der Waals surface area contributed by atoms with Crippen molar-refractivity contribution in [1.29, 1.82) is 5.26 Å². The number of nitrogens with one attached hydrogen (secondary N) is 3. The first-order chi connectivity index (χ1) is 15.1. The van der Waals surface area contributed by atoms with Crippen molar-refractivity contribution in [3.05, 3.63) is 77.0 Å². The van der Waals surface area contributed by atoms with E-state index >= 15 is 0 Å². The molecule has 1 atom stereocenters. The number of amides is 1. The minimum atomic E-state index is -0.450. The second-order valence-electron chi connectivity index (χ2n) is 6.79. The van der Waals surface area contributed by atoms with Gasteiger partial charge in [0.05, 0.1) is 24.3 Å². The number of hydrogen-bond acceptors (Lipinski definition) is 7. The molecule has 0 saturated carbocycles. The zero-order valence-corrected chi connectivity index (χ0v) is 17.4. The van der Waals surface area contributed by atoms with E-state index in [9.17, 15) is 15.2 Å². The molecule has 0 unspecified atom stereocenters. The maximum Gasteiger partial charge on any atom is 0.256 e. The highest BCUT2D eigenvalue weighted by Crippen LogP contribution is 2.24. The van der Waals surface area contributed by atoms with E-state index in [0.29, 0.717) is 11.4 Å².